The molecule has 112 valence electrons. The third-order valence-electron chi connectivity index (χ3n) is 2.61. The molecule has 0 fully saturated rings. The lowest BCUT2D eigenvalue weighted by Crippen LogP contribution is -2.13. The average Bonchev–Trinajstić information content (AvgIpc) is 2.91. The molecule has 0 aliphatic carbocycles. The highest BCUT2D eigenvalue weighted by Gasteiger charge is 2.08. The van der Waals surface area contributed by atoms with Gasteiger partial charge in [0.2, 0.25) is 5.91 Å². The minimum Gasteiger partial charge on any atom is -0.397 e. The molecular weight excluding hydrogens is 328 g/mol. The van der Waals surface area contributed by atoms with E-state index in [2.05, 4.69) is 14.7 Å². The summed E-state index contributed by atoms with van der Waals surface area (Å²) in [5, 5.41) is 3.30. The van der Waals surface area contributed by atoms with Crippen LogP contribution in [0.2, 0.25) is 5.02 Å². The van der Waals surface area contributed by atoms with Crippen LogP contribution in [0.5, 0.6) is 0 Å². The molecule has 2 aromatic rings. The molecule has 0 bridgehead atoms. The molecular formula is C13H15ClN4OS2. The van der Waals surface area contributed by atoms with Crippen LogP contribution in [0.15, 0.2) is 22.5 Å². The van der Waals surface area contributed by atoms with Gasteiger partial charge in [-0.05, 0) is 29.7 Å². The fourth-order valence-corrected chi connectivity index (χ4v) is 3.40. The largest absolute Gasteiger partial charge is 0.397 e. The van der Waals surface area contributed by atoms with Crippen LogP contribution >= 0.6 is 34.9 Å². The number of nitrogen functional groups attached to an aromatic ring is 1. The molecule has 0 unspecified atom stereocenters. The SMILES string of the molecule is CCc1nsc(SCCC(=O)Nc2cc(Cl)ccc2N)n1. The summed E-state index contributed by atoms with van der Waals surface area (Å²) in [6.07, 6.45) is 1.20. The van der Waals surface area contributed by atoms with E-state index >= 15 is 0 Å². The molecule has 5 nitrogen and oxygen atoms in total. The number of hydrogen-bond acceptors (Lipinski definition) is 6. The van der Waals surface area contributed by atoms with Crippen molar-refractivity contribution in [3.63, 3.8) is 0 Å². The standard InChI is InChI=1S/C13H15ClN4OS2/c1-2-11-17-13(21-18-11)20-6-5-12(19)16-10-7-8(14)3-4-9(10)15/h3-4,7H,2,5-6,15H2,1H3,(H,16,19). The number of nitrogens with one attached hydrogen (secondary N) is 1. The predicted octanol–water partition coefficient (Wildman–Crippen LogP) is 3.46. The van der Waals surface area contributed by atoms with E-state index in [1.54, 1.807) is 18.2 Å². The van der Waals surface area contributed by atoms with Gasteiger partial charge in [0.15, 0.2) is 4.34 Å². The molecule has 0 saturated heterocycles. The smallest absolute Gasteiger partial charge is 0.225 e. The van der Waals surface area contributed by atoms with E-state index in [9.17, 15) is 4.79 Å². The highest BCUT2D eigenvalue weighted by Crippen LogP contribution is 2.24. The van der Waals surface area contributed by atoms with Gasteiger partial charge in [0.1, 0.15) is 5.82 Å². The summed E-state index contributed by atoms with van der Waals surface area (Å²) in [5.41, 5.74) is 6.82. The quantitative estimate of drug-likeness (QED) is 0.620. The normalized spacial score (nSPS) is 10.6. The number of carbonyl (C=O) groups is 1. The van der Waals surface area contributed by atoms with Gasteiger partial charge in [-0.15, -0.1) is 0 Å². The molecule has 1 amide bonds. The molecule has 1 aromatic heterocycles. The number of aryl methyl sites for hydroxylation is 1. The number of aromatic nitrogens is 2. The van der Waals surface area contributed by atoms with Gasteiger partial charge < -0.3 is 11.1 Å². The molecule has 0 aliphatic heterocycles. The molecule has 0 spiro atoms. The summed E-state index contributed by atoms with van der Waals surface area (Å²) in [7, 11) is 0. The van der Waals surface area contributed by atoms with Gasteiger partial charge in [-0.3, -0.25) is 4.79 Å². The van der Waals surface area contributed by atoms with Crippen LogP contribution < -0.4 is 11.1 Å². The molecule has 21 heavy (non-hydrogen) atoms. The summed E-state index contributed by atoms with van der Waals surface area (Å²) in [6.45, 7) is 2.01. The number of rotatable bonds is 6. The Morgan fingerprint density at radius 2 is 2.33 bits per heavy atom. The number of nitrogens with two attached hydrogens (primary N) is 1. The minimum atomic E-state index is -0.100. The van der Waals surface area contributed by atoms with E-state index in [1.807, 2.05) is 6.92 Å². The Labute approximate surface area is 136 Å². The molecule has 0 aliphatic rings. The van der Waals surface area contributed by atoms with Crippen molar-refractivity contribution >= 4 is 52.2 Å². The molecule has 0 radical (unpaired) electrons. The molecule has 0 saturated carbocycles. The first-order valence-corrected chi connectivity index (χ1v) is 8.52. The van der Waals surface area contributed by atoms with Crippen molar-refractivity contribution in [1.82, 2.24) is 9.36 Å². The number of benzene rings is 1. The number of amides is 1. The zero-order chi connectivity index (χ0) is 15.2. The van der Waals surface area contributed by atoms with Crippen LogP contribution in [0, 0.1) is 0 Å². The number of nitrogens with zero attached hydrogens (tertiary/aromatic N) is 2. The summed E-state index contributed by atoms with van der Waals surface area (Å²) < 4.78 is 5.09. The lowest BCUT2D eigenvalue weighted by Gasteiger charge is -2.08. The van der Waals surface area contributed by atoms with Crippen molar-refractivity contribution in [3.05, 3.63) is 29.0 Å². The Hall–Kier alpha value is -1.31. The van der Waals surface area contributed by atoms with Crippen LogP contribution in [0.25, 0.3) is 0 Å². The number of thioether (sulfide) groups is 1. The first-order chi connectivity index (χ1) is 10.1. The highest BCUT2D eigenvalue weighted by molar-refractivity contribution is 8.00. The predicted molar refractivity (Wildman–Crippen MR) is 89.1 cm³/mol. The fourth-order valence-electron chi connectivity index (χ4n) is 1.52. The fraction of sp³-hybridized carbons (Fsp3) is 0.308. The Balaban J connectivity index is 1.80. The van der Waals surface area contributed by atoms with Gasteiger partial charge in [0.05, 0.1) is 11.4 Å². The summed E-state index contributed by atoms with van der Waals surface area (Å²) >= 11 is 8.77. The van der Waals surface area contributed by atoms with Crippen LogP contribution in [0.1, 0.15) is 19.2 Å². The third-order valence-corrected chi connectivity index (χ3v) is 4.72. The number of anilines is 2. The Morgan fingerprint density at radius 1 is 1.52 bits per heavy atom. The zero-order valence-electron chi connectivity index (χ0n) is 11.4. The van der Waals surface area contributed by atoms with E-state index in [1.165, 1.54) is 23.3 Å². The molecule has 1 heterocycles. The lowest BCUT2D eigenvalue weighted by atomic mass is 10.2. The van der Waals surface area contributed by atoms with E-state index in [0.717, 1.165) is 16.6 Å². The van der Waals surface area contributed by atoms with Gasteiger partial charge >= 0.3 is 0 Å². The maximum Gasteiger partial charge on any atom is 0.225 e. The summed E-state index contributed by atoms with van der Waals surface area (Å²) in [4.78, 5) is 16.2. The molecule has 3 N–H and O–H groups in total. The van der Waals surface area contributed by atoms with Crippen LogP contribution in [0.3, 0.4) is 0 Å². The van der Waals surface area contributed by atoms with E-state index in [4.69, 9.17) is 17.3 Å². The van der Waals surface area contributed by atoms with Gasteiger partial charge in [0.25, 0.3) is 0 Å². The maximum absolute atomic E-state index is 11.9. The van der Waals surface area contributed by atoms with Crippen LogP contribution in [-0.4, -0.2) is 21.0 Å². The second-order valence-electron chi connectivity index (χ2n) is 4.21. The second kappa shape index (κ2) is 7.63. The van der Waals surface area contributed by atoms with Crippen molar-refractivity contribution < 1.29 is 4.79 Å². The van der Waals surface area contributed by atoms with E-state index in [-0.39, 0.29) is 5.91 Å². The molecule has 8 heteroatoms. The van der Waals surface area contributed by atoms with Crippen molar-refractivity contribution in [1.29, 1.82) is 0 Å². The van der Waals surface area contributed by atoms with Crippen molar-refractivity contribution in [2.45, 2.75) is 24.1 Å². The Bertz CT molecular complexity index is 632. The zero-order valence-corrected chi connectivity index (χ0v) is 13.8. The average molecular weight is 343 g/mol. The monoisotopic (exact) mass is 342 g/mol. The van der Waals surface area contributed by atoms with Crippen molar-refractivity contribution in [3.8, 4) is 0 Å². The third kappa shape index (κ3) is 4.87. The van der Waals surface area contributed by atoms with Crippen molar-refractivity contribution in [2.75, 3.05) is 16.8 Å². The van der Waals surface area contributed by atoms with Gasteiger partial charge in [-0.2, -0.15) is 4.37 Å². The van der Waals surface area contributed by atoms with Crippen molar-refractivity contribution in [2.24, 2.45) is 0 Å². The number of carbonyl (C=O) groups excluding carboxylic acids is 1. The highest BCUT2D eigenvalue weighted by atomic mass is 35.5. The minimum absolute atomic E-state index is 0.100. The van der Waals surface area contributed by atoms with Crippen LogP contribution in [0.4, 0.5) is 11.4 Å². The molecule has 0 atom stereocenters. The molecule has 1 aromatic carbocycles. The maximum atomic E-state index is 11.9. The van der Waals surface area contributed by atoms with E-state index < -0.39 is 0 Å². The summed E-state index contributed by atoms with van der Waals surface area (Å²) in [5.74, 6) is 1.39. The van der Waals surface area contributed by atoms with Gasteiger partial charge in [-0.25, -0.2) is 4.98 Å². The van der Waals surface area contributed by atoms with Gasteiger partial charge in [-0.1, -0.05) is 30.3 Å². The van der Waals surface area contributed by atoms with Gasteiger partial charge in [0, 0.05) is 23.6 Å². The Morgan fingerprint density at radius 3 is 3.05 bits per heavy atom. The van der Waals surface area contributed by atoms with E-state index in [0.29, 0.717) is 28.6 Å². The first-order valence-electron chi connectivity index (χ1n) is 6.38. The first kappa shape index (κ1) is 16.1. The lowest BCUT2D eigenvalue weighted by molar-refractivity contribution is -0.115. The second-order valence-corrected chi connectivity index (χ2v) is 6.74. The Kier molecular flexibility index (Phi) is 5.84. The number of hydrogen-bond donors (Lipinski definition) is 2. The topological polar surface area (TPSA) is 80.9 Å². The summed E-state index contributed by atoms with van der Waals surface area (Å²) in [6, 6.07) is 4.99. The molecule has 2 rings (SSSR count). The number of halogens is 1. The van der Waals surface area contributed by atoms with Crippen LogP contribution in [-0.2, 0) is 11.2 Å².